The zero-order valence-corrected chi connectivity index (χ0v) is 41.3. The number of rotatable bonds is 4. The molecule has 0 N–H and O–H groups in total. The van der Waals surface area contributed by atoms with Crippen molar-refractivity contribution in [1.82, 2.24) is 0 Å². The fourth-order valence-electron chi connectivity index (χ4n) is 9.63. The number of carbonyl (C=O) groups excluding carboxylic acids is 8. The van der Waals surface area contributed by atoms with Gasteiger partial charge in [-0.05, 0) is 48.5 Å². The molecule has 16 nitrogen and oxygen atoms in total. The lowest BCUT2D eigenvalue weighted by atomic mass is 10.1. The Bertz CT molecular complexity index is 3410. The van der Waals surface area contributed by atoms with Crippen LogP contribution in [0.2, 0.25) is 0 Å². The minimum absolute atomic E-state index is 0. The maximum Gasteiger partial charge on any atom is 0.263 e. The number of benzene rings is 4. The van der Waals surface area contributed by atoms with Crippen molar-refractivity contribution in [2.75, 3.05) is 19.6 Å². The molecule has 376 valence electrons. The van der Waals surface area contributed by atoms with Crippen molar-refractivity contribution in [3.05, 3.63) is 262 Å². The molecule has 0 bridgehead atoms. The quantitative estimate of drug-likeness (QED) is 0.142. The summed E-state index contributed by atoms with van der Waals surface area (Å²) in [7, 11) is 7.32. The van der Waals surface area contributed by atoms with Gasteiger partial charge in [0.15, 0.2) is 49.6 Å². The van der Waals surface area contributed by atoms with Gasteiger partial charge in [-0.2, -0.15) is 0 Å². The fourth-order valence-corrected chi connectivity index (χ4v) is 9.63. The van der Waals surface area contributed by atoms with Crippen LogP contribution < -0.4 is 37.9 Å². The molecule has 0 atom stereocenters. The lowest BCUT2D eigenvalue weighted by Gasteiger charge is -2.24. The number of nitrogens with zero attached hydrogens (tertiary/aromatic N) is 8. The molecule has 8 heterocycles. The first kappa shape index (κ1) is 50.1. The molecule has 4 aliphatic rings. The van der Waals surface area contributed by atoms with Gasteiger partial charge >= 0.3 is 0 Å². The van der Waals surface area contributed by atoms with E-state index >= 15 is 0 Å². The van der Waals surface area contributed by atoms with Crippen LogP contribution in [0.3, 0.4) is 0 Å². The van der Waals surface area contributed by atoms with Gasteiger partial charge in [-0.25, -0.2) is 18.3 Å². The topological polar surface area (TPSA) is 165 Å². The van der Waals surface area contributed by atoms with E-state index in [1.54, 1.807) is 213 Å². The summed E-state index contributed by atoms with van der Waals surface area (Å²) in [6.07, 6.45) is 13.8. The van der Waals surface area contributed by atoms with E-state index in [1.165, 1.54) is 19.6 Å². The zero-order chi connectivity index (χ0) is 53.1. The molecule has 0 fully saturated rings. The number of aromatic nitrogens is 4. The first-order chi connectivity index (χ1) is 36.7. The van der Waals surface area contributed by atoms with Crippen molar-refractivity contribution in [1.29, 1.82) is 0 Å². The number of allylic oxidation sites excluding steroid dienone is 4. The Morgan fingerprint density at radius 3 is 0.636 bits per heavy atom. The highest BCUT2D eigenvalue weighted by atomic mass is 16.2. The first-order valence-corrected chi connectivity index (χ1v) is 24.0. The molecule has 4 amide bonds. The van der Waals surface area contributed by atoms with Crippen molar-refractivity contribution in [3.63, 3.8) is 0 Å². The molecule has 0 unspecified atom stereocenters. The van der Waals surface area contributed by atoms with Gasteiger partial charge in [0.2, 0.25) is 23.1 Å². The van der Waals surface area contributed by atoms with Crippen molar-refractivity contribution in [2.45, 2.75) is 7.43 Å². The number of amides is 4. The Hall–Kier alpha value is -10.5. The van der Waals surface area contributed by atoms with Gasteiger partial charge in [0, 0.05) is 70.8 Å². The molecule has 4 aliphatic heterocycles. The van der Waals surface area contributed by atoms with E-state index in [0.29, 0.717) is 45.0 Å². The summed E-state index contributed by atoms with van der Waals surface area (Å²) in [5.41, 5.74) is 3.38. The van der Waals surface area contributed by atoms with E-state index in [9.17, 15) is 38.4 Å². The summed E-state index contributed by atoms with van der Waals surface area (Å²) in [4.78, 5) is 116. The molecule has 77 heavy (non-hydrogen) atoms. The summed E-state index contributed by atoms with van der Waals surface area (Å²) < 4.78 is 7.15. The van der Waals surface area contributed by atoms with Gasteiger partial charge in [-0.3, -0.25) is 58.0 Å². The van der Waals surface area contributed by atoms with Crippen LogP contribution in [-0.2, 0) is 28.2 Å². The smallest absolute Gasteiger partial charge is 0.263 e. The van der Waals surface area contributed by atoms with Crippen LogP contribution in [0, 0.1) is 0 Å². The third-order valence-electron chi connectivity index (χ3n) is 13.5. The number of pyridine rings is 4. The molecule has 0 aliphatic carbocycles. The average Bonchev–Trinajstić information content (AvgIpc) is 4.34. The Labute approximate surface area is 442 Å². The first-order valence-electron chi connectivity index (χ1n) is 24.0. The van der Waals surface area contributed by atoms with Crippen LogP contribution in [-0.4, -0.2) is 46.8 Å². The van der Waals surface area contributed by atoms with E-state index in [2.05, 4.69) is 0 Å². The second-order valence-electron chi connectivity index (χ2n) is 18.4. The van der Waals surface area contributed by atoms with Gasteiger partial charge in [0.25, 0.3) is 23.6 Å². The highest BCUT2D eigenvalue weighted by molar-refractivity contribution is 6.37. The second kappa shape index (κ2) is 19.7. The molecular weight excluding hydrogens is 973 g/mol. The molecule has 12 rings (SSSR count). The molecule has 0 radical (unpaired) electrons. The number of aryl methyl sites for hydroxylation is 4. The number of anilines is 4. The molecule has 16 heteroatoms. The third-order valence-corrected chi connectivity index (χ3v) is 13.5. The molecule has 0 spiro atoms. The largest absolute Gasteiger partial charge is 0.287 e. The van der Waals surface area contributed by atoms with Crippen LogP contribution >= 0.6 is 0 Å². The Morgan fingerprint density at radius 2 is 0.455 bits per heavy atom. The molecule has 8 aromatic rings. The highest BCUT2D eigenvalue weighted by Gasteiger charge is 2.49. The fraction of sp³-hybridized carbons (Fsp3) is 0.0820. The van der Waals surface area contributed by atoms with Gasteiger partial charge in [0.1, 0.15) is 51.0 Å². The van der Waals surface area contributed by atoms with Crippen molar-refractivity contribution < 1.29 is 56.6 Å². The summed E-state index contributed by atoms with van der Waals surface area (Å²) in [6, 6.07) is 40.0. The predicted octanol–water partition coefficient (Wildman–Crippen LogP) is 6.50. The number of para-hydroxylation sites is 4. The normalized spacial score (nSPS) is 15.8. The monoisotopic (exact) mass is 1020 g/mol. The second-order valence-corrected chi connectivity index (χ2v) is 18.4. The Kier molecular flexibility index (Phi) is 12.8. The van der Waals surface area contributed by atoms with E-state index in [-0.39, 0.29) is 52.5 Å². The van der Waals surface area contributed by atoms with E-state index in [1.807, 2.05) is 28.2 Å². The lowest BCUT2D eigenvalue weighted by Crippen LogP contribution is -2.37. The van der Waals surface area contributed by atoms with Gasteiger partial charge in [-0.15, -0.1) is 0 Å². The van der Waals surface area contributed by atoms with Crippen molar-refractivity contribution >= 4 is 69.5 Å². The molecule has 0 saturated heterocycles. The zero-order valence-electron chi connectivity index (χ0n) is 41.3. The van der Waals surface area contributed by atoms with E-state index < -0.39 is 46.8 Å². The summed E-state index contributed by atoms with van der Waals surface area (Å²) in [6.45, 7) is 0. The number of carbonyl (C=O) groups is 8. The van der Waals surface area contributed by atoms with E-state index in [0.717, 1.165) is 0 Å². The predicted molar refractivity (Wildman–Crippen MR) is 282 cm³/mol. The maximum absolute atomic E-state index is 13.9. The number of ketones is 4. The van der Waals surface area contributed by atoms with Crippen LogP contribution in [0.25, 0.3) is 0 Å². The van der Waals surface area contributed by atoms with Crippen LogP contribution in [0.5, 0.6) is 0 Å². The maximum atomic E-state index is 13.9. The minimum Gasteiger partial charge on any atom is -0.287 e. The van der Waals surface area contributed by atoms with Gasteiger partial charge in [0.05, 0.1) is 45.0 Å². The van der Waals surface area contributed by atoms with Crippen molar-refractivity contribution in [2.24, 2.45) is 28.2 Å². The summed E-state index contributed by atoms with van der Waals surface area (Å²) >= 11 is 0. The van der Waals surface area contributed by atoms with Gasteiger partial charge in [-0.1, -0.05) is 56.0 Å². The lowest BCUT2D eigenvalue weighted by molar-refractivity contribution is -0.671. The molecule has 0 saturated carbocycles. The summed E-state index contributed by atoms with van der Waals surface area (Å²) in [5.74, 6) is -3.90. The number of hydrogen-bond donors (Lipinski definition) is 0. The van der Waals surface area contributed by atoms with Crippen LogP contribution in [0.15, 0.2) is 218 Å². The minimum atomic E-state index is -0.496. The molecule has 4 aromatic carbocycles. The molecule has 4 aromatic heterocycles. The Morgan fingerprint density at radius 1 is 0.286 bits per heavy atom. The van der Waals surface area contributed by atoms with Crippen molar-refractivity contribution in [3.8, 4) is 0 Å². The van der Waals surface area contributed by atoms with Crippen LogP contribution in [0.4, 0.5) is 22.7 Å². The standard InChI is InChI=1S/2C30H22N4O4.CH4/c2*1-31-15-11-19(12-16-31)29(37)33-23-9-5-3-7-21(23)27(35)25(33)26-28(36)22-8-4-6-10-24(22)34(26)30(38)20-13-17-32(2)18-14-20;/h2*3-18H,1-2H3;1H4/q2*+2;/b2*26-25+;. The molecular formula is C61H48N8O8+4. The highest BCUT2D eigenvalue weighted by Crippen LogP contribution is 2.45. The Balaban J connectivity index is 0.000000172. The summed E-state index contributed by atoms with van der Waals surface area (Å²) in [5, 5.41) is 0. The SMILES string of the molecule is C.C[n+]1ccc(C(=O)N2/C(=C3\C(=O)c4ccccc4N3C(=O)c3cc[n+](C)cc3)C(=O)c3ccccc32)cc1.C[n+]1ccc(C(=O)N2/C(=C3\C(=O)c4ccccc4N3C(=O)c3cc[n+](C)cc3)C(=O)c3ccccc32)cc1. The van der Waals surface area contributed by atoms with Crippen LogP contribution in [0.1, 0.15) is 90.3 Å². The third kappa shape index (κ3) is 8.39. The number of fused-ring (bicyclic) bond motifs is 4. The van der Waals surface area contributed by atoms with E-state index in [4.69, 9.17) is 0 Å². The number of hydrogen-bond acceptors (Lipinski definition) is 8. The number of Topliss-reactive ketones (excluding diaryl/α,β-unsaturated/α-hetero) is 4. The van der Waals surface area contributed by atoms with Gasteiger partial charge < -0.3 is 0 Å². The average molecular weight is 1020 g/mol.